The van der Waals surface area contributed by atoms with E-state index in [1.165, 1.54) is 0 Å². The van der Waals surface area contributed by atoms with Gasteiger partial charge < -0.3 is 16.0 Å². The molecular weight excluding hydrogens is 302 g/mol. The van der Waals surface area contributed by atoms with Gasteiger partial charge in [0.1, 0.15) is 0 Å². The van der Waals surface area contributed by atoms with Gasteiger partial charge in [-0.05, 0) is 25.7 Å². The molecule has 6 heteroatoms. The van der Waals surface area contributed by atoms with Gasteiger partial charge in [0, 0.05) is 32.1 Å². The molecule has 2 unspecified atom stereocenters. The van der Waals surface area contributed by atoms with Crippen LogP contribution in [0.2, 0.25) is 0 Å². The van der Waals surface area contributed by atoms with Crippen molar-refractivity contribution in [2.45, 2.75) is 52.4 Å². The molecule has 0 spiro atoms. The van der Waals surface area contributed by atoms with Crippen LogP contribution in [-0.2, 0) is 9.59 Å². The average Bonchev–Trinajstić information content (AvgIpc) is 2.53. The Morgan fingerprint density at radius 3 is 2.68 bits per heavy atom. The van der Waals surface area contributed by atoms with Crippen molar-refractivity contribution < 1.29 is 9.59 Å². The van der Waals surface area contributed by atoms with Crippen LogP contribution in [0.4, 0.5) is 0 Å². The third kappa shape index (κ3) is 6.53. The molecule has 3 N–H and O–H groups in total. The zero-order chi connectivity index (χ0) is 15.7. The largest absolute Gasteiger partial charge is 0.355 e. The predicted octanol–water partition coefficient (Wildman–Crippen LogP) is 1.94. The van der Waals surface area contributed by atoms with Gasteiger partial charge in [-0.1, -0.05) is 26.7 Å². The Morgan fingerprint density at radius 2 is 2.09 bits per heavy atom. The number of hydrogen-bond donors (Lipinski definition) is 2. The lowest BCUT2D eigenvalue weighted by atomic mass is 9.93. The molecule has 1 saturated heterocycles. The standard InChI is InChI=1S/C16H31N3O2.ClH/c1-3-5-7-13(4-2)16(21)19-11-6-8-14(12-19)15(20)18-10-9-17;/h13-14H,3-12,17H2,1-2H3,(H,18,20);1H. The molecule has 5 nitrogen and oxygen atoms in total. The highest BCUT2D eigenvalue weighted by Gasteiger charge is 2.30. The summed E-state index contributed by atoms with van der Waals surface area (Å²) in [5.41, 5.74) is 5.41. The normalized spacial score (nSPS) is 19.2. The van der Waals surface area contributed by atoms with E-state index in [9.17, 15) is 9.59 Å². The molecule has 0 aromatic carbocycles. The number of piperidine rings is 1. The number of nitrogens with two attached hydrogens (primary N) is 1. The van der Waals surface area contributed by atoms with Gasteiger partial charge >= 0.3 is 0 Å². The molecule has 130 valence electrons. The third-order valence-electron chi connectivity index (χ3n) is 4.30. The monoisotopic (exact) mass is 333 g/mol. The van der Waals surface area contributed by atoms with E-state index in [0.717, 1.165) is 45.1 Å². The van der Waals surface area contributed by atoms with Crippen molar-refractivity contribution in [1.29, 1.82) is 0 Å². The first-order valence-electron chi connectivity index (χ1n) is 8.40. The molecule has 1 fully saturated rings. The SMILES string of the molecule is CCCCC(CC)C(=O)N1CCCC(C(=O)NCCN)C1.Cl. The first-order chi connectivity index (χ1) is 10.1. The van der Waals surface area contributed by atoms with Gasteiger partial charge in [0.05, 0.1) is 5.92 Å². The first kappa shape index (κ1) is 21.2. The number of rotatable bonds is 8. The topological polar surface area (TPSA) is 75.4 Å². The van der Waals surface area contributed by atoms with Gasteiger partial charge in [-0.25, -0.2) is 0 Å². The van der Waals surface area contributed by atoms with Crippen LogP contribution in [0.1, 0.15) is 52.4 Å². The average molecular weight is 334 g/mol. The molecule has 0 bridgehead atoms. The van der Waals surface area contributed by atoms with Crippen molar-refractivity contribution in [3.8, 4) is 0 Å². The van der Waals surface area contributed by atoms with Crippen LogP contribution in [0.25, 0.3) is 0 Å². The minimum absolute atomic E-state index is 0. The highest BCUT2D eigenvalue weighted by Crippen LogP contribution is 2.22. The number of halogens is 1. The Balaban J connectivity index is 0.00000441. The number of carbonyl (C=O) groups is 2. The lowest BCUT2D eigenvalue weighted by molar-refractivity contribution is -0.139. The quantitative estimate of drug-likeness (QED) is 0.712. The van der Waals surface area contributed by atoms with E-state index in [1.54, 1.807) is 0 Å². The first-order valence-corrected chi connectivity index (χ1v) is 8.40. The molecule has 2 atom stereocenters. The van der Waals surface area contributed by atoms with Gasteiger partial charge in [-0.3, -0.25) is 9.59 Å². The number of carbonyl (C=O) groups excluding carboxylic acids is 2. The number of hydrogen-bond acceptors (Lipinski definition) is 3. The molecule has 0 aromatic rings. The molecule has 0 aromatic heterocycles. The van der Waals surface area contributed by atoms with E-state index in [4.69, 9.17) is 5.73 Å². The summed E-state index contributed by atoms with van der Waals surface area (Å²) < 4.78 is 0. The molecule has 2 amide bonds. The van der Waals surface area contributed by atoms with E-state index in [0.29, 0.717) is 19.6 Å². The molecule has 1 aliphatic heterocycles. The predicted molar refractivity (Wildman–Crippen MR) is 91.9 cm³/mol. The molecule has 22 heavy (non-hydrogen) atoms. The van der Waals surface area contributed by atoms with Crippen molar-refractivity contribution >= 4 is 24.2 Å². The summed E-state index contributed by atoms with van der Waals surface area (Å²) in [6.07, 6.45) is 5.85. The summed E-state index contributed by atoms with van der Waals surface area (Å²) >= 11 is 0. The van der Waals surface area contributed by atoms with Crippen LogP contribution < -0.4 is 11.1 Å². The maximum atomic E-state index is 12.6. The third-order valence-corrected chi connectivity index (χ3v) is 4.30. The molecular formula is C16H32ClN3O2. The van der Waals surface area contributed by atoms with Crippen LogP contribution in [-0.4, -0.2) is 42.9 Å². The van der Waals surface area contributed by atoms with E-state index < -0.39 is 0 Å². The maximum Gasteiger partial charge on any atom is 0.225 e. The van der Waals surface area contributed by atoms with Crippen LogP contribution in [0.15, 0.2) is 0 Å². The van der Waals surface area contributed by atoms with Crippen molar-refractivity contribution in [2.75, 3.05) is 26.2 Å². The van der Waals surface area contributed by atoms with Crippen LogP contribution in [0.5, 0.6) is 0 Å². The van der Waals surface area contributed by atoms with Gasteiger partial charge in [0.2, 0.25) is 11.8 Å². The van der Waals surface area contributed by atoms with Crippen LogP contribution in [0, 0.1) is 11.8 Å². The lowest BCUT2D eigenvalue weighted by Crippen LogP contribution is -2.47. The molecule has 1 rings (SSSR count). The van der Waals surface area contributed by atoms with Crippen molar-refractivity contribution in [2.24, 2.45) is 17.6 Å². The van der Waals surface area contributed by atoms with E-state index >= 15 is 0 Å². The Labute approximate surface area is 140 Å². The van der Waals surface area contributed by atoms with Crippen molar-refractivity contribution in [1.82, 2.24) is 10.2 Å². The summed E-state index contributed by atoms with van der Waals surface area (Å²) in [5, 5.41) is 2.84. The van der Waals surface area contributed by atoms with E-state index in [1.807, 2.05) is 4.90 Å². The lowest BCUT2D eigenvalue weighted by Gasteiger charge is -2.34. The summed E-state index contributed by atoms with van der Waals surface area (Å²) in [6.45, 7) is 6.55. The highest BCUT2D eigenvalue weighted by atomic mass is 35.5. The number of nitrogens with one attached hydrogen (secondary N) is 1. The van der Waals surface area contributed by atoms with Crippen LogP contribution >= 0.6 is 12.4 Å². The second-order valence-electron chi connectivity index (χ2n) is 5.95. The van der Waals surface area contributed by atoms with E-state index in [2.05, 4.69) is 19.2 Å². The zero-order valence-electron chi connectivity index (χ0n) is 14.0. The second kappa shape index (κ2) is 11.7. The fourth-order valence-corrected chi connectivity index (χ4v) is 2.94. The van der Waals surface area contributed by atoms with Gasteiger partial charge in [-0.15, -0.1) is 12.4 Å². The Bertz CT molecular complexity index is 339. The zero-order valence-corrected chi connectivity index (χ0v) is 14.8. The Kier molecular flexibility index (Phi) is 11.3. The van der Waals surface area contributed by atoms with Gasteiger partial charge in [0.15, 0.2) is 0 Å². The smallest absolute Gasteiger partial charge is 0.225 e. The minimum atomic E-state index is -0.0714. The van der Waals surface area contributed by atoms with Gasteiger partial charge in [-0.2, -0.15) is 0 Å². The second-order valence-corrected chi connectivity index (χ2v) is 5.95. The molecule has 0 radical (unpaired) electrons. The fraction of sp³-hybridized carbons (Fsp3) is 0.875. The molecule has 0 saturated carbocycles. The van der Waals surface area contributed by atoms with Crippen molar-refractivity contribution in [3.63, 3.8) is 0 Å². The highest BCUT2D eigenvalue weighted by molar-refractivity contribution is 5.85. The summed E-state index contributed by atoms with van der Waals surface area (Å²) in [6, 6.07) is 0. The number of nitrogens with zero attached hydrogens (tertiary/aromatic N) is 1. The van der Waals surface area contributed by atoms with E-state index in [-0.39, 0.29) is 36.1 Å². The number of amides is 2. The summed E-state index contributed by atoms with van der Waals surface area (Å²) in [4.78, 5) is 26.5. The Hall–Kier alpha value is -0.810. The maximum absolute atomic E-state index is 12.6. The number of unbranched alkanes of at least 4 members (excludes halogenated alkanes) is 1. The number of likely N-dealkylation sites (tertiary alicyclic amines) is 1. The molecule has 1 aliphatic rings. The van der Waals surface area contributed by atoms with Crippen molar-refractivity contribution in [3.05, 3.63) is 0 Å². The van der Waals surface area contributed by atoms with Gasteiger partial charge in [0.25, 0.3) is 0 Å². The fourth-order valence-electron chi connectivity index (χ4n) is 2.94. The Morgan fingerprint density at radius 1 is 1.36 bits per heavy atom. The molecule has 1 heterocycles. The minimum Gasteiger partial charge on any atom is -0.355 e. The van der Waals surface area contributed by atoms with Crippen LogP contribution in [0.3, 0.4) is 0 Å². The summed E-state index contributed by atoms with van der Waals surface area (Å²) in [7, 11) is 0. The summed E-state index contributed by atoms with van der Waals surface area (Å²) in [5.74, 6) is 0.329. The molecule has 0 aliphatic carbocycles.